The summed E-state index contributed by atoms with van der Waals surface area (Å²) in [4.78, 5) is 16.7. The lowest BCUT2D eigenvalue weighted by Gasteiger charge is -2.36. The molecule has 1 N–H and O–H groups in total. The molecule has 4 rings (SSSR count). The van der Waals surface area contributed by atoms with Crippen LogP contribution < -0.4 is 5.32 Å². The molecule has 1 aromatic heterocycles. The van der Waals surface area contributed by atoms with Crippen molar-refractivity contribution in [2.75, 3.05) is 26.2 Å². The second kappa shape index (κ2) is 7.29. The van der Waals surface area contributed by atoms with Gasteiger partial charge >= 0.3 is 6.03 Å². The predicted molar refractivity (Wildman–Crippen MR) is 92.9 cm³/mol. The molecule has 0 bridgehead atoms. The zero-order valence-corrected chi connectivity index (χ0v) is 14.1. The number of hydrogen-bond acceptors (Lipinski definition) is 4. The summed E-state index contributed by atoms with van der Waals surface area (Å²) in [6.45, 7) is 4.26. The Morgan fingerprint density at radius 3 is 2.84 bits per heavy atom. The van der Waals surface area contributed by atoms with Crippen LogP contribution in [-0.2, 0) is 17.8 Å². The summed E-state index contributed by atoms with van der Waals surface area (Å²) in [5.74, 6) is 0.756. The predicted octanol–water partition coefficient (Wildman–Crippen LogP) is 2.07. The van der Waals surface area contributed by atoms with E-state index in [1.807, 2.05) is 23.1 Å². The first-order valence-electron chi connectivity index (χ1n) is 8.74. The molecule has 2 atom stereocenters. The number of nitrogens with zero attached hydrogens (tertiary/aromatic N) is 2. The minimum Gasteiger partial charge on any atom is -0.467 e. The Morgan fingerprint density at radius 1 is 1.16 bits per heavy atom. The Morgan fingerprint density at radius 2 is 2.04 bits per heavy atom. The van der Waals surface area contributed by atoms with Crippen LogP contribution in [-0.4, -0.2) is 54.2 Å². The van der Waals surface area contributed by atoms with Gasteiger partial charge in [-0.15, -0.1) is 0 Å². The third-order valence-corrected chi connectivity index (χ3v) is 4.93. The van der Waals surface area contributed by atoms with Crippen molar-refractivity contribution in [3.8, 4) is 0 Å². The fourth-order valence-corrected chi connectivity index (χ4v) is 3.63. The molecule has 132 valence electrons. The molecule has 2 amide bonds. The lowest BCUT2D eigenvalue weighted by Crippen LogP contribution is -2.50. The van der Waals surface area contributed by atoms with Crippen LogP contribution in [0.25, 0.3) is 0 Å². The van der Waals surface area contributed by atoms with Gasteiger partial charge in [-0.25, -0.2) is 4.79 Å². The van der Waals surface area contributed by atoms with Crippen molar-refractivity contribution < 1.29 is 13.9 Å². The van der Waals surface area contributed by atoms with Crippen LogP contribution in [0.1, 0.15) is 11.3 Å². The zero-order valence-electron chi connectivity index (χ0n) is 14.1. The zero-order chi connectivity index (χ0) is 17.1. The van der Waals surface area contributed by atoms with Crippen LogP contribution in [0.15, 0.2) is 53.1 Å². The summed E-state index contributed by atoms with van der Waals surface area (Å²) in [5.41, 5.74) is 1.30. The smallest absolute Gasteiger partial charge is 0.317 e. The van der Waals surface area contributed by atoms with Crippen molar-refractivity contribution in [1.82, 2.24) is 15.1 Å². The quantitative estimate of drug-likeness (QED) is 0.925. The van der Waals surface area contributed by atoms with Crippen LogP contribution in [0.3, 0.4) is 0 Å². The molecule has 0 saturated carbocycles. The van der Waals surface area contributed by atoms with Crippen molar-refractivity contribution in [2.24, 2.45) is 0 Å². The largest absolute Gasteiger partial charge is 0.467 e. The second-order valence-corrected chi connectivity index (χ2v) is 6.58. The Bertz CT molecular complexity index is 689. The number of amides is 2. The van der Waals surface area contributed by atoms with Gasteiger partial charge in [0.05, 0.1) is 38.1 Å². The average molecular weight is 341 g/mol. The maximum absolute atomic E-state index is 12.4. The number of urea groups is 1. The molecule has 2 aromatic rings. The Hall–Kier alpha value is -2.31. The maximum Gasteiger partial charge on any atom is 0.317 e. The Balaban J connectivity index is 1.36. The van der Waals surface area contributed by atoms with Crippen molar-refractivity contribution in [3.05, 3.63) is 60.1 Å². The molecular weight excluding hydrogens is 318 g/mol. The Kier molecular flexibility index (Phi) is 4.72. The molecule has 0 spiro atoms. The number of carbonyl (C=O) groups excluding carboxylic acids is 1. The van der Waals surface area contributed by atoms with Gasteiger partial charge in [-0.1, -0.05) is 30.3 Å². The van der Waals surface area contributed by atoms with E-state index >= 15 is 0 Å². The van der Waals surface area contributed by atoms with E-state index in [-0.39, 0.29) is 18.2 Å². The van der Waals surface area contributed by atoms with Crippen LogP contribution in [0.4, 0.5) is 4.79 Å². The van der Waals surface area contributed by atoms with Gasteiger partial charge in [0.25, 0.3) is 0 Å². The highest BCUT2D eigenvalue weighted by molar-refractivity contribution is 5.74. The van der Waals surface area contributed by atoms with Crippen LogP contribution in [0.5, 0.6) is 0 Å². The topological polar surface area (TPSA) is 58.0 Å². The standard InChI is InChI=1S/C19H23N3O3/c23-19(20-11-16-7-4-9-24-16)22-13-17-18(14-22)25-10-8-21(17)12-15-5-2-1-3-6-15/h1-7,9,17-18H,8,10-14H2,(H,20,23)/t17-,18+/m1/s1. The van der Waals surface area contributed by atoms with E-state index < -0.39 is 0 Å². The van der Waals surface area contributed by atoms with Gasteiger partial charge < -0.3 is 19.4 Å². The third-order valence-electron chi connectivity index (χ3n) is 4.93. The number of rotatable bonds is 4. The molecule has 3 heterocycles. The molecule has 2 saturated heterocycles. The van der Waals surface area contributed by atoms with Crippen molar-refractivity contribution in [2.45, 2.75) is 25.2 Å². The van der Waals surface area contributed by atoms with E-state index in [4.69, 9.17) is 9.15 Å². The number of furan rings is 1. The summed E-state index contributed by atoms with van der Waals surface area (Å²) >= 11 is 0. The lowest BCUT2D eigenvalue weighted by atomic mass is 10.1. The van der Waals surface area contributed by atoms with E-state index in [0.717, 1.165) is 25.5 Å². The lowest BCUT2D eigenvalue weighted by molar-refractivity contribution is -0.0503. The summed E-state index contributed by atoms with van der Waals surface area (Å²) in [7, 11) is 0. The number of ether oxygens (including phenoxy) is 1. The maximum atomic E-state index is 12.4. The van der Waals surface area contributed by atoms with Crippen molar-refractivity contribution >= 4 is 6.03 Å². The molecule has 0 aliphatic carbocycles. The van der Waals surface area contributed by atoms with Gasteiger partial charge in [-0.05, 0) is 17.7 Å². The van der Waals surface area contributed by atoms with Gasteiger partial charge in [0.1, 0.15) is 5.76 Å². The normalized spacial score (nSPS) is 23.4. The Labute approximate surface area is 147 Å². The molecule has 0 unspecified atom stereocenters. The summed E-state index contributed by atoms with van der Waals surface area (Å²) in [6.07, 6.45) is 1.70. The average Bonchev–Trinajstić information content (AvgIpc) is 3.30. The number of morpholine rings is 1. The monoisotopic (exact) mass is 341 g/mol. The molecule has 2 aliphatic heterocycles. The SMILES string of the molecule is O=C(NCc1ccco1)N1C[C@@H]2OCCN(Cc3ccccc3)[C@@H]2C1. The number of likely N-dealkylation sites (tertiary alicyclic amines) is 1. The van der Waals surface area contributed by atoms with Crippen molar-refractivity contribution in [3.63, 3.8) is 0 Å². The van der Waals surface area contributed by atoms with E-state index in [1.54, 1.807) is 6.26 Å². The van der Waals surface area contributed by atoms with Crippen LogP contribution in [0, 0.1) is 0 Å². The molecule has 6 nitrogen and oxygen atoms in total. The summed E-state index contributed by atoms with van der Waals surface area (Å²) in [5, 5.41) is 2.92. The van der Waals surface area contributed by atoms with E-state index in [2.05, 4.69) is 34.5 Å². The molecule has 6 heteroatoms. The van der Waals surface area contributed by atoms with Gasteiger partial charge in [0, 0.05) is 19.6 Å². The highest BCUT2D eigenvalue weighted by Crippen LogP contribution is 2.24. The van der Waals surface area contributed by atoms with E-state index in [0.29, 0.717) is 19.6 Å². The molecule has 1 aromatic carbocycles. The minimum atomic E-state index is -0.0611. The first-order chi connectivity index (χ1) is 12.3. The van der Waals surface area contributed by atoms with Crippen LogP contribution >= 0.6 is 0 Å². The number of carbonyl (C=O) groups is 1. The number of nitrogens with one attached hydrogen (secondary N) is 1. The van der Waals surface area contributed by atoms with Gasteiger partial charge in [-0.2, -0.15) is 0 Å². The third kappa shape index (κ3) is 3.70. The minimum absolute atomic E-state index is 0.0611. The molecular formula is C19H23N3O3. The molecule has 2 fully saturated rings. The fourth-order valence-electron chi connectivity index (χ4n) is 3.63. The van der Waals surface area contributed by atoms with E-state index in [9.17, 15) is 4.79 Å². The highest BCUT2D eigenvalue weighted by Gasteiger charge is 2.41. The second-order valence-electron chi connectivity index (χ2n) is 6.58. The van der Waals surface area contributed by atoms with E-state index in [1.165, 1.54) is 5.56 Å². The first-order valence-corrected chi connectivity index (χ1v) is 8.74. The van der Waals surface area contributed by atoms with Gasteiger partial charge in [-0.3, -0.25) is 4.90 Å². The number of hydrogen-bond donors (Lipinski definition) is 1. The number of benzene rings is 1. The van der Waals surface area contributed by atoms with Gasteiger partial charge in [0.15, 0.2) is 0 Å². The molecule has 25 heavy (non-hydrogen) atoms. The fraction of sp³-hybridized carbons (Fsp3) is 0.421. The van der Waals surface area contributed by atoms with Crippen molar-refractivity contribution in [1.29, 1.82) is 0 Å². The summed E-state index contributed by atoms with van der Waals surface area (Å²) < 4.78 is 11.2. The highest BCUT2D eigenvalue weighted by atomic mass is 16.5. The molecule has 2 aliphatic rings. The number of fused-ring (bicyclic) bond motifs is 1. The van der Waals surface area contributed by atoms with Crippen LogP contribution in [0.2, 0.25) is 0 Å². The van der Waals surface area contributed by atoms with Gasteiger partial charge in [0.2, 0.25) is 0 Å². The summed E-state index contributed by atoms with van der Waals surface area (Å²) in [6, 6.07) is 14.3. The molecule has 0 radical (unpaired) electrons. The first kappa shape index (κ1) is 16.2.